The molecular formula is C24H21F2N5O2. The van der Waals surface area contributed by atoms with Crippen LogP contribution in [-0.4, -0.2) is 36.5 Å². The summed E-state index contributed by atoms with van der Waals surface area (Å²) in [5.41, 5.74) is 2.66. The fraction of sp³-hybridized carbons (Fsp3) is 0.125. The van der Waals surface area contributed by atoms with Gasteiger partial charge in [-0.05, 0) is 48.9 Å². The first-order valence-electron chi connectivity index (χ1n) is 10.0. The molecule has 1 amide bonds. The molecule has 33 heavy (non-hydrogen) atoms. The van der Waals surface area contributed by atoms with Crippen LogP contribution in [0.4, 0.5) is 20.2 Å². The Labute approximate surface area is 188 Å². The zero-order valence-electron chi connectivity index (χ0n) is 18.1. The van der Waals surface area contributed by atoms with Crippen LogP contribution in [0.15, 0.2) is 42.5 Å². The number of amides is 1. The first kappa shape index (κ1) is 21.9. The predicted molar refractivity (Wildman–Crippen MR) is 125 cm³/mol. The van der Waals surface area contributed by atoms with E-state index in [1.165, 1.54) is 7.05 Å². The van der Waals surface area contributed by atoms with E-state index in [0.29, 0.717) is 17.1 Å². The number of anilines is 2. The van der Waals surface area contributed by atoms with Crippen LogP contribution in [0, 0.1) is 24.0 Å². The van der Waals surface area contributed by atoms with Crippen LogP contribution in [0.25, 0.3) is 22.2 Å². The summed E-state index contributed by atoms with van der Waals surface area (Å²) in [5, 5.41) is 20.6. The van der Waals surface area contributed by atoms with Gasteiger partial charge in [-0.25, -0.2) is 8.78 Å². The fourth-order valence-electron chi connectivity index (χ4n) is 3.66. The molecule has 0 aliphatic rings. The zero-order valence-corrected chi connectivity index (χ0v) is 18.1. The van der Waals surface area contributed by atoms with Gasteiger partial charge in [-0.3, -0.25) is 9.89 Å². The fourth-order valence-corrected chi connectivity index (χ4v) is 3.66. The monoisotopic (exact) mass is 449 g/mol. The van der Waals surface area contributed by atoms with E-state index < -0.39 is 23.1 Å². The molecule has 0 atom stereocenters. The number of hydrogen-bond acceptors (Lipinski definition) is 5. The number of aromatic nitrogens is 2. The Morgan fingerprint density at radius 3 is 2.67 bits per heavy atom. The number of methoxy groups -OCH3 is 1. The van der Waals surface area contributed by atoms with E-state index in [-0.39, 0.29) is 11.3 Å². The summed E-state index contributed by atoms with van der Waals surface area (Å²) >= 11 is 0. The second kappa shape index (κ2) is 8.70. The van der Waals surface area contributed by atoms with Crippen LogP contribution < -0.4 is 15.4 Å². The van der Waals surface area contributed by atoms with Crippen molar-refractivity contribution in [3.05, 3.63) is 70.8 Å². The summed E-state index contributed by atoms with van der Waals surface area (Å²) in [5.74, 6) is -2.42. The number of H-pyrrole nitrogens is 1. The van der Waals surface area contributed by atoms with E-state index in [2.05, 4.69) is 20.8 Å². The molecule has 0 saturated heterocycles. The van der Waals surface area contributed by atoms with Crippen molar-refractivity contribution in [2.75, 3.05) is 24.8 Å². The molecule has 0 spiro atoms. The van der Waals surface area contributed by atoms with E-state index in [4.69, 9.17) is 10.1 Å². The Bertz CT molecular complexity index is 1400. The number of halogens is 2. The highest BCUT2D eigenvalue weighted by molar-refractivity contribution is 6.07. The van der Waals surface area contributed by atoms with Crippen LogP contribution in [0.3, 0.4) is 0 Å². The van der Waals surface area contributed by atoms with Gasteiger partial charge in [0.05, 0.1) is 18.2 Å². The molecule has 7 nitrogen and oxygen atoms in total. The summed E-state index contributed by atoms with van der Waals surface area (Å²) in [7, 11) is 3.05. The number of aryl methyl sites for hydroxylation is 1. The molecule has 9 heteroatoms. The smallest absolute Gasteiger partial charge is 0.261 e. The van der Waals surface area contributed by atoms with Crippen molar-refractivity contribution in [2.45, 2.75) is 6.92 Å². The topological polar surface area (TPSA) is 103 Å². The maximum atomic E-state index is 14.8. The number of benzene rings is 3. The highest BCUT2D eigenvalue weighted by atomic mass is 19.1. The van der Waals surface area contributed by atoms with Gasteiger partial charge in [-0.2, -0.15) is 5.10 Å². The standard InChI is InChI=1S/C24H21F2N5O2/c1-12-4-6-14(33-3)9-15(12)23-16-8-13(5-7-19(16)30-31-23)29-24(32)21-18(25)10-20(28-2)17(11-27)22(21)26/h4-11,27-28H,1-3H3,(H,29,32)(H,30,31). The minimum Gasteiger partial charge on any atom is -0.497 e. The van der Waals surface area contributed by atoms with Crippen LogP contribution in [0.1, 0.15) is 21.5 Å². The number of hydrogen-bond donors (Lipinski definition) is 4. The molecule has 0 unspecified atom stereocenters. The summed E-state index contributed by atoms with van der Waals surface area (Å²) in [6.45, 7) is 1.95. The molecule has 0 fully saturated rings. The van der Waals surface area contributed by atoms with E-state index >= 15 is 0 Å². The van der Waals surface area contributed by atoms with Gasteiger partial charge in [0.2, 0.25) is 0 Å². The first-order valence-corrected chi connectivity index (χ1v) is 10.0. The number of nitrogens with zero attached hydrogens (tertiary/aromatic N) is 1. The third-order valence-corrected chi connectivity index (χ3v) is 5.42. The van der Waals surface area contributed by atoms with Crippen molar-refractivity contribution in [2.24, 2.45) is 0 Å². The maximum Gasteiger partial charge on any atom is 0.261 e. The summed E-state index contributed by atoms with van der Waals surface area (Å²) < 4.78 is 34.7. The van der Waals surface area contributed by atoms with Gasteiger partial charge < -0.3 is 20.8 Å². The Balaban J connectivity index is 1.74. The molecule has 1 aromatic heterocycles. The van der Waals surface area contributed by atoms with Crippen LogP contribution in [0.5, 0.6) is 5.75 Å². The molecule has 0 bridgehead atoms. The lowest BCUT2D eigenvalue weighted by Crippen LogP contribution is -2.18. The molecule has 0 radical (unpaired) electrons. The number of rotatable bonds is 6. The van der Waals surface area contributed by atoms with E-state index in [0.717, 1.165) is 34.3 Å². The van der Waals surface area contributed by atoms with Crippen LogP contribution in [-0.2, 0) is 0 Å². The second-order valence-corrected chi connectivity index (χ2v) is 7.37. The molecule has 0 saturated carbocycles. The van der Waals surface area contributed by atoms with Gasteiger partial charge in [0.1, 0.15) is 28.6 Å². The van der Waals surface area contributed by atoms with Crippen molar-refractivity contribution >= 4 is 34.4 Å². The van der Waals surface area contributed by atoms with Gasteiger partial charge >= 0.3 is 0 Å². The Morgan fingerprint density at radius 1 is 1.18 bits per heavy atom. The van der Waals surface area contributed by atoms with Crippen molar-refractivity contribution in [1.29, 1.82) is 5.41 Å². The number of nitrogens with one attached hydrogen (secondary N) is 4. The minimum absolute atomic E-state index is 0.0784. The molecule has 3 aromatic carbocycles. The van der Waals surface area contributed by atoms with Gasteiger partial charge in [-0.15, -0.1) is 0 Å². The molecule has 4 N–H and O–H groups in total. The third kappa shape index (κ3) is 3.89. The lowest BCUT2D eigenvalue weighted by molar-refractivity contribution is 0.101. The summed E-state index contributed by atoms with van der Waals surface area (Å²) in [6.07, 6.45) is 0.734. The Morgan fingerprint density at radius 2 is 1.97 bits per heavy atom. The number of carbonyl (C=O) groups excluding carboxylic acids is 1. The molecule has 168 valence electrons. The predicted octanol–water partition coefficient (Wildman–Crippen LogP) is 5.12. The molecule has 0 aliphatic heterocycles. The number of carbonyl (C=O) groups is 1. The van der Waals surface area contributed by atoms with Crippen molar-refractivity contribution in [3.63, 3.8) is 0 Å². The largest absolute Gasteiger partial charge is 0.497 e. The van der Waals surface area contributed by atoms with Gasteiger partial charge in [0.25, 0.3) is 5.91 Å². The van der Waals surface area contributed by atoms with Crippen LogP contribution in [0.2, 0.25) is 0 Å². The number of ether oxygens (including phenoxy) is 1. The molecule has 0 aliphatic carbocycles. The Kier molecular flexibility index (Phi) is 5.78. The normalized spacial score (nSPS) is 10.8. The highest BCUT2D eigenvalue weighted by Gasteiger charge is 2.23. The first-order chi connectivity index (χ1) is 15.9. The average Bonchev–Trinajstić information content (AvgIpc) is 3.22. The third-order valence-electron chi connectivity index (χ3n) is 5.42. The lowest BCUT2D eigenvalue weighted by Gasteiger charge is -2.12. The number of aromatic amines is 1. The van der Waals surface area contributed by atoms with E-state index in [9.17, 15) is 13.6 Å². The number of fused-ring (bicyclic) bond motifs is 1. The SMILES string of the molecule is CNc1cc(F)c(C(=O)Nc2ccc3[nH]nc(-c4cc(OC)ccc4C)c3c2)c(F)c1C=N. The van der Waals surface area contributed by atoms with Crippen molar-refractivity contribution < 1.29 is 18.3 Å². The van der Waals surface area contributed by atoms with Crippen LogP contribution >= 0.6 is 0 Å². The second-order valence-electron chi connectivity index (χ2n) is 7.37. The Hall–Kier alpha value is -4.27. The summed E-state index contributed by atoms with van der Waals surface area (Å²) in [4.78, 5) is 12.8. The minimum atomic E-state index is -1.11. The quantitative estimate of drug-likeness (QED) is 0.307. The van der Waals surface area contributed by atoms with Crippen molar-refractivity contribution in [3.8, 4) is 17.0 Å². The van der Waals surface area contributed by atoms with Gasteiger partial charge in [0, 0.05) is 35.6 Å². The molecule has 4 aromatic rings. The zero-order chi connectivity index (χ0) is 23.7. The highest BCUT2D eigenvalue weighted by Crippen LogP contribution is 2.33. The molecule has 1 heterocycles. The molecule has 4 rings (SSSR count). The molecular weight excluding hydrogens is 428 g/mol. The lowest BCUT2D eigenvalue weighted by atomic mass is 10.0. The van der Waals surface area contributed by atoms with E-state index in [1.807, 2.05) is 25.1 Å². The average molecular weight is 449 g/mol. The maximum absolute atomic E-state index is 14.8. The summed E-state index contributed by atoms with van der Waals surface area (Å²) in [6, 6.07) is 11.6. The van der Waals surface area contributed by atoms with Gasteiger partial charge in [-0.1, -0.05) is 6.07 Å². The van der Waals surface area contributed by atoms with Crippen molar-refractivity contribution in [1.82, 2.24) is 10.2 Å². The van der Waals surface area contributed by atoms with E-state index in [1.54, 1.807) is 25.3 Å². The van der Waals surface area contributed by atoms with Gasteiger partial charge in [0.15, 0.2) is 0 Å².